The third-order valence-corrected chi connectivity index (χ3v) is 3.94. The number of nitrogens with zero attached hydrogens (tertiary/aromatic N) is 2. The molecule has 0 amide bonds. The second-order valence-electron chi connectivity index (χ2n) is 5.55. The van der Waals surface area contributed by atoms with Crippen LogP contribution in [0.1, 0.15) is 39.0 Å². The zero-order chi connectivity index (χ0) is 15.1. The molecule has 0 aromatic carbocycles. The minimum Gasteiger partial charge on any atom is -0.378 e. The highest BCUT2D eigenvalue weighted by Crippen LogP contribution is 2.19. The first-order chi connectivity index (χ1) is 10.2. The van der Waals surface area contributed by atoms with Crippen LogP contribution in [0.25, 0.3) is 0 Å². The fourth-order valence-corrected chi connectivity index (χ4v) is 2.60. The van der Waals surface area contributed by atoms with Gasteiger partial charge in [-0.05, 0) is 39.0 Å². The van der Waals surface area contributed by atoms with Gasteiger partial charge in [0, 0.05) is 38.1 Å². The molecule has 21 heavy (non-hydrogen) atoms. The van der Waals surface area contributed by atoms with Crippen molar-refractivity contribution in [3.63, 3.8) is 0 Å². The number of aryl methyl sites for hydroxylation is 1. The van der Waals surface area contributed by atoms with Gasteiger partial charge in [0.2, 0.25) is 0 Å². The highest BCUT2D eigenvalue weighted by Gasteiger charge is 2.18. The van der Waals surface area contributed by atoms with Crippen molar-refractivity contribution in [2.45, 2.75) is 57.7 Å². The summed E-state index contributed by atoms with van der Waals surface area (Å²) in [5.41, 5.74) is 5.80. The highest BCUT2D eigenvalue weighted by molar-refractivity contribution is 5.30. The molecular formula is C15H26N4O2. The van der Waals surface area contributed by atoms with Gasteiger partial charge in [0.15, 0.2) is 5.82 Å². The van der Waals surface area contributed by atoms with E-state index in [1.54, 1.807) is 17.0 Å². The summed E-state index contributed by atoms with van der Waals surface area (Å²) in [5, 5.41) is 3.09. The van der Waals surface area contributed by atoms with Crippen molar-refractivity contribution in [1.82, 2.24) is 9.55 Å². The Morgan fingerprint density at radius 2 is 2.19 bits per heavy atom. The van der Waals surface area contributed by atoms with Gasteiger partial charge in [-0.25, -0.2) is 4.98 Å². The number of anilines is 1. The van der Waals surface area contributed by atoms with Crippen molar-refractivity contribution >= 4 is 5.82 Å². The molecule has 0 radical (unpaired) electrons. The average Bonchev–Trinajstić information content (AvgIpc) is 2.50. The van der Waals surface area contributed by atoms with Crippen molar-refractivity contribution in [2.75, 3.05) is 18.5 Å². The molecule has 1 aromatic rings. The Kier molecular flexibility index (Phi) is 6.20. The van der Waals surface area contributed by atoms with Crippen molar-refractivity contribution in [3.05, 3.63) is 22.7 Å². The van der Waals surface area contributed by atoms with Crippen LogP contribution < -0.4 is 16.6 Å². The van der Waals surface area contributed by atoms with E-state index in [1.165, 1.54) is 0 Å². The second kappa shape index (κ2) is 8.14. The standard InChI is InChI=1S/C15H26N4O2/c1-2-19-10-9-18-14(15(19)20)17-8-3-11-21-13-6-4-12(16)5-7-13/h9-10,12-13H,2-8,11,16H2,1H3,(H,17,18). The molecule has 0 unspecified atom stereocenters. The van der Waals surface area contributed by atoms with E-state index in [-0.39, 0.29) is 5.56 Å². The number of aromatic nitrogens is 2. The first kappa shape index (κ1) is 16.0. The lowest BCUT2D eigenvalue weighted by Crippen LogP contribution is -2.30. The van der Waals surface area contributed by atoms with Crippen LogP contribution in [-0.2, 0) is 11.3 Å². The van der Waals surface area contributed by atoms with Crippen LogP contribution in [0.4, 0.5) is 5.82 Å². The molecule has 118 valence electrons. The molecule has 1 aliphatic rings. The number of ether oxygens (including phenoxy) is 1. The van der Waals surface area contributed by atoms with Crippen molar-refractivity contribution in [2.24, 2.45) is 5.73 Å². The number of hydrogen-bond acceptors (Lipinski definition) is 5. The Hall–Kier alpha value is -1.40. The van der Waals surface area contributed by atoms with E-state index in [4.69, 9.17) is 10.5 Å². The first-order valence-corrected chi connectivity index (χ1v) is 7.87. The summed E-state index contributed by atoms with van der Waals surface area (Å²) in [6, 6.07) is 0.358. The Bertz CT molecular complexity index is 481. The summed E-state index contributed by atoms with van der Waals surface area (Å²) in [7, 11) is 0. The normalized spacial score (nSPS) is 22.2. The largest absolute Gasteiger partial charge is 0.378 e. The van der Waals surface area contributed by atoms with E-state index < -0.39 is 0 Å². The predicted molar refractivity (Wildman–Crippen MR) is 83.5 cm³/mol. The fourth-order valence-electron chi connectivity index (χ4n) is 2.60. The second-order valence-corrected chi connectivity index (χ2v) is 5.55. The lowest BCUT2D eigenvalue weighted by atomic mass is 9.94. The number of nitrogens with two attached hydrogens (primary N) is 1. The van der Waals surface area contributed by atoms with E-state index in [0.29, 0.717) is 37.7 Å². The lowest BCUT2D eigenvalue weighted by molar-refractivity contribution is 0.0251. The summed E-state index contributed by atoms with van der Waals surface area (Å²) in [4.78, 5) is 16.0. The van der Waals surface area contributed by atoms with E-state index in [1.807, 2.05) is 6.92 Å². The van der Waals surface area contributed by atoms with Crippen LogP contribution >= 0.6 is 0 Å². The summed E-state index contributed by atoms with van der Waals surface area (Å²) in [6.07, 6.45) is 8.83. The zero-order valence-corrected chi connectivity index (χ0v) is 12.8. The van der Waals surface area contributed by atoms with Crippen LogP contribution in [0.3, 0.4) is 0 Å². The third-order valence-electron chi connectivity index (χ3n) is 3.94. The lowest BCUT2D eigenvalue weighted by Gasteiger charge is -2.26. The van der Waals surface area contributed by atoms with E-state index in [0.717, 1.165) is 32.1 Å². The molecule has 1 saturated carbocycles. The number of nitrogens with one attached hydrogen (secondary N) is 1. The van der Waals surface area contributed by atoms with Crippen LogP contribution in [0.15, 0.2) is 17.2 Å². The van der Waals surface area contributed by atoms with Gasteiger partial charge in [-0.15, -0.1) is 0 Å². The molecule has 2 rings (SSSR count). The number of hydrogen-bond donors (Lipinski definition) is 2. The van der Waals surface area contributed by atoms with Crippen molar-refractivity contribution in [1.29, 1.82) is 0 Å². The Morgan fingerprint density at radius 3 is 2.90 bits per heavy atom. The van der Waals surface area contributed by atoms with Gasteiger partial charge in [0.25, 0.3) is 5.56 Å². The molecule has 0 spiro atoms. The van der Waals surface area contributed by atoms with Gasteiger partial charge >= 0.3 is 0 Å². The highest BCUT2D eigenvalue weighted by atomic mass is 16.5. The summed E-state index contributed by atoms with van der Waals surface area (Å²) in [6.45, 7) is 4.00. The van der Waals surface area contributed by atoms with Gasteiger partial charge in [-0.1, -0.05) is 0 Å². The minimum atomic E-state index is -0.0674. The molecule has 1 aromatic heterocycles. The zero-order valence-electron chi connectivity index (χ0n) is 12.8. The fraction of sp³-hybridized carbons (Fsp3) is 0.733. The summed E-state index contributed by atoms with van der Waals surface area (Å²) < 4.78 is 7.48. The maximum atomic E-state index is 11.9. The van der Waals surface area contributed by atoms with Crippen molar-refractivity contribution in [3.8, 4) is 0 Å². The topological polar surface area (TPSA) is 82.2 Å². The van der Waals surface area contributed by atoms with E-state index in [2.05, 4.69) is 10.3 Å². The van der Waals surface area contributed by atoms with E-state index in [9.17, 15) is 4.79 Å². The van der Waals surface area contributed by atoms with Crippen molar-refractivity contribution < 1.29 is 4.74 Å². The third kappa shape index (κ3) is 4.82. The minimum absolute atomic E-state index is 0.0674. The Morgan fingerprint density at radius 1 is 1.43 bits per heavy atom. The summed E-state index contributed by atoms with van der Waals surface area (Å²) in [5.74, 6) is 0.419. The average molecular weight is 294 g/mol. The van der Waals surface area contributed by atoms with Gasteiger partial charge in [-0.3, -0.25) is 4.79 Å². The monoisotopic (exact) mass is 294 g/mol. The Labute approximate surface area is 125 Å². The van der Waals surface area contributed by atoms with Gasteiger partial charge < -0.3 is 20.4 Å². The van der Waals surface area contributed by atoms with Crippen LogP contribution in [0, 0.1) is 0 Å². The van der Waals surface area contributed by atoms with Crippen LogP contribution in [0.5, 0.6) is 0 Å². The van der Waals surface area contributed by atoms with Gasteiger partial charge in [-0.2, -0.15) is 0 Å². The molecule has 0 aliphatic heterocycles. The number of rotatable bonds is 7. The maximum Gasteiger partial charge on any atom is 0.293 e. The molecule has 1 aliphatic carbocycles. The van der Waals surface area contributed by atoms with Gasteiger partial charge in [0.1, 0.15) is 0 Å². The predicted octanol–water partition coefficient (Wildman–Crippen LogP) is 1.35. The molecule has 0 atom stereocenters. The van der Waals surface area contributed by atoms with Gasteiger partial charge in [0.05, 0.1) is 6.10 Å². The first-order valence-electron chi connectivity index (χ1n) is 7.87. The molecule has 3 N–H and O–H groups in total. The molecule has 1 fully saturated rings. The van der Waals surface area contributed by atoms with E-state index >= 15 is 0 Å². The molecule has 6 heteroatoms. The molecule has 6 nitrogen and oxygen atoms in total. The molecular weight excluding hydrogens is 268 g/mol. The maximum absolute atomic E-state index is 11.9. The molecule has 1 heterocycles. The molecule has 0 bridgehead atoms. The van der Waals surface area contributed by atoms with Crippen LogP contribution in [-0.4, -0.2) is 34.8 Å². The smallest absolute Gasteiger partial charge is 0.293 e. The Balaban J connectivity index is 1.65. The molecule has 0 saturated heterocycles. The SMILES string of the molecule is CCn1ccnc(NCCCOC2CCC(N)CC2)c1=O. The summed E-state index contributed by atoms with van der Waals surface area (Å²) >= 11 is 0. The quantitative estimate of drug-likeness (QED) is 0.742. The van der Waals surface area contributed by atoms with Crippen LogP contribution in [0.2, 0.25) is 0 Å².